The number of hydrogen-bond donors (Lipinski definition) is 1. The van der Waals surface area contributed by atoms with Crippen molar-refractivity contribution < 1.29 is 14.3 Å². The van der Waals surface area contributed by atoms with Gasteiger partial charge in [-0.15, -0.1) is 0 Å². The van der Waals surface area contributed by atoms with Gasteiger partial charge in [-0.25, -0.2) is 4.79 Å². The Morgan fingerprint density at radius 2 is 2.24 bits per heavy atom. The molecule has 0 radical (unpaired) electrons. The summed E-state index contributed by atoms with van der Waals surface area (Å²) in [6, 6.07) is 0.159. The molecular formula is C12H22N2O3. The van der Waals surface area contributed by atoms with Crippen LogP contribution in [0.1, 0.15) is 25.7 Å². The van der Waals surface area contributed by atoms with Gasteiger partial charge in [0.1, 0.15) is 0 Å². The number of carbonyl (C=O) groups is 1. The molecule has 2 atom stereocenters. The lowest BCUT2D eigenvalue weighted by molar-refractivity contribution is 0.00370. The normalized spacial score (nSPS) is 29.0. The van der Waals surface area contributed by atoms with E-state index >= 15 is 0 Å². The summed E-state index contributed by atoms with van der Waals surface area (Å²) in [5, 5.41) is 2.97. The molecule has 2 aliphatic rings. The summed E-state index contributed by atoms with van der Waals surface area (Å²) in [6.07, 6.45) is 4.53. The third-order valence-corrected chi connectivity index (χ3v) is 3.36. The molecule has 2 amide bonds. The molecule has 0 spiro atoms. The molecule has 17 heavy (non-hydrogen) atoms. The average molecular weight is 242 g/mol. The Morgan fingerprint density at radius 3 is 2.88 bits per heavy atom. The highest BCUT2D eigenvalue weighted by molar-refractivity contribution is 5.74. The minimum absolute atomic E-state index is 0.0188. The molecule has 0 aliphatic carbocycles. The van der Waals surface area contributed by atoms with Crippen molar-refractivity contribution in [3.8, 4) is 0 Å². The highest BCUT2D eigenvalue weighted by Crippen LogP contribution is 2.13. The van der Waals surface area contributed by atoms with Crippen LogP contribution in [0.5, 0.6) is 0 Å². The van der Waals surface area contributed by atoms with Gasteiger partial charge in [-0.05, 0) is 25.7 Å². The number of rotatable bonds is 3. The highest BCUT2D eigenvalue weighted by atomic mass is 16.5. The quantitative estimate of drug-likeness (QED) is 0.803. The summed E-state index contributed by atoms with van der Waals surface area (Å²) in [5.41, 5.74) is 0. The Kier molecular flexibility index (Phi) is 4.62. The summed E-state index contributed by atoms with van der Waals surface area (Å²) >= 11 is 0. The molecule has 98 valence electrons. The van der Waals surface area contributed by atoms with Crippen LogP contribution in [-0.2, 0) is 9.47 Å². The van der Waals surface area contributed by atoms with E-state index < -0.39 is 0 Å². The van der Waals surface area contributed by atoms with E-state index in [1.165, 1.54) is 6.42 Å². The van der Waals surface area contributed by atoms with E-state index in [2.05, 4.69) is 5.32 Å². The van der Waals surface area contributed by atoms with Gasteiger partial charge in [-0.1, -0.05) is 0 Å². The second-order valence-electron chi connectivity index (χ2n) is 4.88. The number of ether oxygens (including phenoxy) is 2. The minimum atomic E-state index is -0.0188. The van der Waals surface area contributed by atoms with Crippen molar-refractivity contribution in [1.82, 2.24) is 10.2 Å². The van der Waals surface area contributed by atoms with E-state index in [4.69, 9.17) is 9.47 Å². The lowest BCUT2D eigenvalue weighted by Gasteiger charge is -2.28. The topological polar surface area (TPSA) is 50.8 Å². The fourth-order valence-electron chi connectivity index (χ4n) is 2.27. The van der Waals surface area contributed by atoms with Crippen LogP contribution in [0.2, 0.25) is 0 Å². The number of nitrogens with one attached hydrogen (secondary N) is 1. The number of urea groups is 1. The van der Waals surface area contributed by atoms with Crippen LogP contribution in [0.25, 0.3) is 0 Å². The Bertz CT molecular complexity index is 248. The second kappa shape index (κ2) is 6.21. The van der Waals surface area contributed by atoms with Crippen LogP contribution < -0.4 is 5.32 Å². The third kappa shape index (κ3) is 3.85. The molecule has 2 fully saturated rings. The predicted octanol–water partition coefficient (Wildman–Crippen LogP) is 0.986. The maximum atomic E-state index is 11.9. The van der Waals surface area contributed by atoms with E-state index in [0.717, 1.165) is 32.5 Å². The van der Waals surface area contributed by atoms with Crippen LogP contribution in [-0.4, -0.2) is 56.5 Å². The SMILES string of the molecule is CN(CC1CCCCO1)C(=O)NC1CCOC1. The van der Waals surface area contributed by atoms with E-state index in [1.54, 1.807) is 4.90 Å². The van der Waals surface area contributed by atoms with Crippen molar-refractivity contribution in [2.45, 2.75) is 37.8 Å². The zero-order valence-electron chi connectivity index (χ0n) is 10.5. The predicted molar refractivity (Wildman–Crippen MR) is 64.0 cm³/mol. The van der Waals surface area contributed by atoms with Gasteiger partial charge in [-0.2, -0.15) is 0 Å². The second-order valence-corrected chi connectivity index (χ2v) is 4.88. The van der Waals surface area contributed by atoms with Gasteiger partial charge in [0.05, 0.1) is 18.8 Å². The molecule has 2 aliphatic heterocycles. The smallest absolute Gasteiger partial charge is 0.317 e. The number of amides is 2. The molecule has 2 rings (SSSR count). The lowest BCUT2D eigenvalue weighted by atomic mass is 10.1. The summed E-state index contributed by atoms with van der Waals surface area (Å²) in [7, 11) is 1.82. The van der Waals surface area contributed by atoms with Gasteiger partial charge in [-0.3, -0.25) is 0 Å². The van der Waals surface area contributed by atoms with Crippen molar-refractivity contribution in [2.24, 2.45) is 0 Å². The highest BCUT2D eigenvalue weighted by Gasteiger charge is 2.22. The molecule has 5 nitrogen and oxygen atoms in total. The molecule has 0 aromatic carbocycles. The van der Waals surface area contributed by atoms with Crippen LogP contribution >= 0.6 is 0 Å². The number of likely N-dealkylation sites (N-methyl/N-ethyl adjacent to an activating group) is 1. The maximum Gasteiger partial charge on any atom is 0.317 e. The van der Waals surface area contributed by atoms with E-state index in [-0.39, 0.29) is 18.2 Å². The summed E-state index contributed by atoms with van der Waals surface area (Å²) in [4.78, 5) is 13.6. The average Bonchev–Trinajstić information content (AvgIpc) is 2.83. The van der Waals surface area contributed by atoms with Gasteiger partial charge in [0.2, 0.25) is 0 Å². The van der Waals surface area contributed by atoms with Crippen molar-refractivity contribution in [1.29, 1.82) is 0 Å². The molecule has 2 heterocycles. The maximum absolute atomic E-state index is 11.9. The molecule has 0 saturated carbocycles. The first-order chi connectivity index (χ1) is 8.25. The van der Waals surface area contributed by atoms with Gasteiger partial charge in [0, 0.05) is 26.8 Å². The monoisotopic (exact) mass is 242 g/mol. The Labute approximate surface area is 102 Å². The number of carbonyl (C=O) groups excluding carboxylic acids is 1. The van der Waals surface area contributed by atoms with Gasteiger partial charge >= 0.3 is 6.03 Å². The van der Waals surface area contributed by atoms with Crippen LogP contribution in [0.15, 0.2) is 0 Å². The standard InChI is InChI=1S/C12H22N2O3/c1-14(8-11-4-2-3-6-17-11)12(15)13-10-5-7-16-9-10/h10-11H,2-9H2,1H3,(H,13,15). The number of hydrogen-bond acceptors (Lipinski definition) is 3. The Morgan fingerprint density at radius 1 is 1.35 bits per heavy atom. The molecule has 0 aromatic heterocycles. The third-order valence-electron chi connectivity index (χ3n) is 3.36. The largest absolute Gasteiger partial charge is 0.379 e. The molecule has 0 bridgehead atoms. The van der Waals surface area contributed by atoms with E-state index in [9.17, 15) is 4.79 Å². The van der Waals surface area contributed by atoms with Gasteiger partial charge in [0.25, 0.3) is 0 Å². The first kappa shape index (κ1) is 12.6. The number of nitrogens with zero attached hydrogens (tertiary/aromatic N) is 1. The molecule has 1 N–H and O–H groups in total. The fraction of sp³-hybridized carbons (Fsp3) is 0.917. The van der Waals surface area contributed by atoms with Crippen molar-refractivity contribution in [3.63, 3.8) is 0 Å². The van der Waals surface area contributed by atoms with E-state index in [0.29, 0.717) is 13.2 Å². The van der Waals surface area contributed by atoms with Crippen LogP contribution in [0, 0.1) is 0 Å². The van der Waals surface area contributed by atoms with Crippen molar-refractivity contribution in [2.75, 3.05) is 33.4 Å². The summed E-state index contributed by atoms with van der Waals surface area (Å²) in [5.74, 6) is 0. The Hall–Kier alpha value is -0.810. The first-order valence-corrected chi connectivity index (χ1v) is 6.46. The Balaban J connectivity index is 1.70. The fourth-order valence-corrected chi connectivity index (χ4v) is 2.27. The molecule has 5 heteroatoms. The van der Waals surface area contributed by atoms with Crippen molar-refractivity contribution in [3.05, 3.63) is 0 Å². The first-order valence-electron chi connectivity index (χ1n) is 6.46. The molecule has 2 unspecified atom stereocenters. The lowest BCUT2D eigenvalue weighted by Crippen LogP contribution is -2.46. The molecule has 0 aromatic rings. The molecule has 2 saturated heterocycles. The van der Waals surface area contributed by atoms with E-state index in [1.807, 2.05) is 7.05 Å². The zero-order chi connectivity index (χ0) is 12.1. The minimum Gasteiger partial charge on any atom is -0.379 e. The zero-order valence-corrected chi connectivity index (χ0v) is 10.5. The molecular weight excluding hydrogens is 220 g/mol. The summed E-state index contributed by atoms with van der Waals surface area (Å²) in [6.45, 7) is 2.90. The van der Waals surface area contributed by atoms with Crippen LogP contribution in [0.3, 0.4) is 0 Å². The van der Waals surface area contributed by atoms with Crippen LogP contribution in [0.4, 0.5) is 4.79 Å². The van der Waals surface area contributed by atoms with Gasteiger partial charge < -0.3 is 19.7 Å². The summed E-state index contributed by atoms with van der Waals surface area (Å²) < 4.78 is 10.9. The van der Waals surface area contributed by atoms with Crippen molar-refractivity contribution >= 4 is 6.03 Å². The van der Waals surface area contributed by atoms with Gasteiger partial charge in [0.15, 0.2) is 0 Å².